The smallest absolute Gasteiger partial charge is 0.126 e. The van der Waals surface area contributed by atoms with E-state index in [-0.39, 0.29) is 0 Å². The van der Waals surface area contributed by atoms with Gasteiger partial charge in [0, 0.05) is 16.7 Å². The quantitative estimate of drug-likeness (QED) is 0.898. The molecule has 0 spiro atoms. The highest BCUT2D eigenvalue weighted by Crippen LogP contribution is 2.27. The second-order valence-corrected chi connectivity index (χ2v) is 5.61. The molecule has 1 saturated carbocycles. The van der Waals surface area contributed by atoms with Crippen LogP contribution in [0, 0.1) is 5.92 Å². The number of pyridine rings is 1. The van der Waals surface area contributed by atoms with Crippen LogP contribution in [0.2, 0.25) is 0 Å². The van der Waals surface area contributed by atoms with Crippen LogP contribution >= 0.6 is 15.9 Å². The van der Waals surface area contributed by atoms with Gasteiger partial charge in [0.15, 0.2) is 0 Å². The monoisotopic (exact) mass is 282 g/mol. The van der Waals surface area contributed by atoms with Gasteiger partial charge in [0.1, 0.15) is 5.82 Å². The van der Waals surface area contributed by atoms with Crippen LogP contribution in [0.1, 0.15) is 39.0 Å². The van der Waals surface area contributed by atoms with Crippen molar-refractivity contribution in [2.45, 2.75) is 45.1 Å². The molecule has 1 unspecified atom stereocenters. The lowest BCUT2D eigenvalue weighted by molar-refractivity contribution is 0.328. The Morgan fingerprint density at radius 3 is 2.69 bits per heavy atom. The summed E-state index contributed by atoms with van der Waals surface area (Å²) in [6.45, 7) is 2.28. The van der Waals surface area contributed by atoms with E-state index in [1.807, 2.05) is 18.3 Å². The number of nitrogens with one attached hydrogen (secondary N) is 1. The van der Waals surface area contributed by atoms with Gasteiger partial charge in [-0.05, 0) is 53.7 Å². The highest BCUT2D eigenvalue weighted by atomic mass is 79.9. The van der Waals surface area contributed by atoms with Crippen molar-refractivity contribution in [3.63, 3.8) is 0 Å². The summed E-state index contributed by atoms with van der Waals surface area (Å²) < 4.78 is 1.03. The molecule has 1 aromatic heterocycles. The minimum absolute atomic E-state index is 0.536. The standard InChI is InChI=1S/C13H19BrN2/c1-10(11-5-3-2-4-6-11)16-13-8-7-12(14)9-15-13/h7-11H,2-6H2,1H3,(H,15,16). The van der Waals surface area contributed by atoms with E-state index in [1.54, 1.807) is 0 Å². The lowest BCUT2D eigenvalue weighted by atomic mass is 9.84. The third-order valence-corrected chi connectivity index (χ3v) is 3.93. The second-order valence-electron chi connectivity index (χ2n) is 4.69. The van der Waals surface area contributed by atoms with Crippen molar-refractivity contribution in [3.8, 4) is 0 Å². The summed E-state index contributed by atoms with van der Waals surface area (Å²) >= 11 is 3.40. The largest absolute Gasteiger partial charge is 0.367 e. The maximum Gasteiger partial charge on any atom is 0.126 e. The number of anilines is 1. The molecule has 0 radical (unpaired) electrons. The van der Waals surface area contributed by atoms with E-state index in [2.05, 4.69) is 33.2 Å². The summed E-state index contributed by atoms with van der Waals surface area (Å²) in [5.41, 5.74) is 0. The van der Waals surface area contributed by atoms with Crippen LogP contribution in [-0.2, 0) is 0 Å². The van der Waals surface area contributed by atoms with Crippen molar-refractivity contribution in [2.24, 2.45) is 5.92 Å². The predicted octanol–water partition coefficient (Wildman–Crippen LogP) is 4.22. The fourth-order valence-electron chi connectivity index (χ4n) is 2.45. The molecule has 16 heavy (non-hydrogen) atoms. The molecular formula is C13H19BrN2. The number of hydrogen-bond donors (Lipinski definition) is 1. The average molecular weight is 283 g/mol. The van der Waals surface area contributed by atoms with Gasteiger partial charge >= 0.3 is 0 Å². The van der Waals surface area contributed by atoms with E-state index < -0.39 is 0 Å². The molecule has 3 heteroatoms. The Hall–Kier alpha value is -0.570. The van der Waals surface area contributed by atoms with Crippen LogP contribution in [0.15, 0.2) is 22.8 Å². The number of aromatic nitrogens is 1. The van der Waals surface area contributed by atoms with Gasteiger partial charge in [-0.2, -0.15) is 0 Å². The van der Waals surface area contributed by atoms with Crippen LogP contribution in [-0.4, -0.2) is 11.0 Å². The molecule has 1 heterocycles. The third-order valence-electron chi connectivity index (χ3n) is 3.46. The fraction of sp³-hybridized carbons (Fsp3) is 0.615. The molecule has 1 fully saturated rings. The molecule has 1 aliphatic carbocycles. The zero-order valence-corrected chi connectivity index (χ0v) is 11.3. The zero-order valence-electron chi connectivity index (χ0n) is 9.75. The summed E-state index contributed by atoms with van der Waals surface area (Å²) in [5, 5.41) is 3.51. The molecule has 2 nitrogen and oxygen atoms in total. The molecule has 0 amide bonds. The first-order valence-corrected chi connectivity index (χ1v) is 6.93. The molecule has 0 saturated heterocycles. The van der Waals surface area contributed by atoms with Gasteiger partial charge in [-0.15, -0.1) is 0 Å². The van der Waals surface area contributed by atoms with Crippen molar-refractivity contribution in [1.82, 2.24) is 4.98 Å². The Morgan fingerprint density at radius 1 is 1.31 bits per heavy atom. The number of nitrogens with zero attached hydrogens (tertiary/aromatic N) is 1. The van der Waals surface area contributed by atoms with Crippen LogP contribution in [0.3, 0.4) is 0 Å². The fourth-order valence-corrected chi connectivity index (χ4v) is 2.68. The molecule has 88 valence electrons. The SMILES string of the molecule is CC(Nc1ccc(Br)cn1)C1CCCCC1. The highest BCUT2D eigenvalue weighted by molar-refractivity contribution is 9.10. The molecule has 1 aliphatic rings. The van der Waals surface area contributed by atoms with Gasteiger partial charge < -0.3 is 5.32 Å². The van der Waals surface area contributed by atoms with Crippen LogP contribution in [0.4, 0.5) is 5.82 Å². The first kappa shape index (κ1) is 11.9. The third kappa shape index (κ3) is 3.21. The van der Waals surface area contributed by atoms with Gasteiger partial charge in [0.05, 0.1) is 0 Å². The Labute approximate surface area is 106 Å². The van der Waals surface area contributed by atoms with E-state index >= 15 is 0 Å². The van der Waals surface area contributed by atoms with Crippen molar-refractivity contribution in [2.75, 3.05) is 5.32 Å². The van der Waals surface area contributed by atoms with E-state index in [9.17, 15) is 0 Å². The first-order chi connectivity index (χ1) is 7.75. The molecule has 0 aromatic carbocycles. The van der Waals surface area contributed by atoms with Crippen LogP contribution in [0.25, 0.3) is 0 Å². The van der Waals surface area contributed by atoms with Gasteiger partial charge in [-0.3, -0.25) is 0 Å². The molecule has 0 aliphatic heterocycles. The predicted molar refractivity (Wildman–Crippen MR) is 71.6 cm³/mol. The van der Waals surface area contributed by atoms with E-state index in [0.29, 0.717) is 6.04 Å². The maximum atomic E-state index is 4.36. The van der Waals surface area contributed by atoms with Gasteiger partial charge in [-0.1, -0.05) is 19.3 Å². The molecule has 2 rings (SSSR count). The minimum Gasteiger partial charge on any atom is -0.367 e. The average Bonchev–Trinajstić information content (AvgIpc) is 2.33. The lowest BCUT2D eigenvalue weighted by Gasteiger charge is -2.28. The Kier molecular flexibility index (Phi) is 4.22. The lowest BCUT2D eigenvalue weighted by Crippen LogP contribution is -2.27. The van der Waals surface area contributed by atoms with Crippen LogP contribution in [0.5, 0.6) is 0 Å². The van der Waals surface area contributed by atoms with E-state index in [1.165, 1.54) is 32.1 Å². The van der Waals surface area contributed by atoms with Gasteiger partial charge in [0.2, 0.25) is 0 Å². The van der Waals surface area contributed by atoms with Gasteiger partial charge in [-0.25, -0.2) is 4.98 Å². The summed E-state index contributed by atoms with van der Waals surface area (Å²) in [7, 11) is 0. The Morgan fingerprint density at radius 2 is 2.06 bits per heavy atom. The molecule has 1 aromatic rings. The maximum absolute atomic E-state index is 4.36. The number of hydrogen-bond acceptors (Lipinski definition) is 2. The summed E-state index contributed by atoms with van der Waals surface area (Å²) in [6, 6.07) is 4.60. The highest BCUT2D eigenvalue weighted by Gasteiger charge is 2.19. The second kappa shape index (κ2) is 5.67. The van der Waals surface area contributed by atoms with E-state index in [4.69, 9.17) is 0 Å². The Balaban J connectivity index is 1.90. The van der Waals surface area contributed by atoms with Crippen molar-refractivity contribution in [3.05, 3.63) is 22.8 Å². The normalized spacial score (nSPS) is 19.4. The first-order valence-electron chi connectivity index (χ1n) is 6.14. The molecule has 0 bridgehead atoms. The van der Waals surface area contributed by atoms with Crippen molar-refractivity contribution < 1.29 is 0 Å². The van der Waals surface area contributed by atoms with Gasteiger partial charge in [0.25, 0.3) is 0 Å². The minimum atomic E-state index is 0.536. The summed E-state index contributed by atoms with van der Waals surface area (Å²) in [6.07, 6.45) is 8.78. The molecular weight excluding hydrogens is 264 g/mol. The summed E-state index contributed by atoms with van der Waals surface area (Å²) in [5.74, 6) is 1.81. The van der Waals surface area contributed by atoms with Crippen molar-refractivity contribution >= 4 is 21.7 Å². The summed E-state index contributed by atoms with van der Waals surface area (Å²) in [4.78, 5) is 4.36. The molecule has 1 N–H and O–H groups in total. The van der Waals surface area contributed by atoms with Crippen molar-refractivity contribution in [1.29, 1.82) is 0 Å². The number of halogens is 1. The Bertz CT molecular complexity index is 317. The molecule has 1 atom stereocenters. The van der Waals surface area contributed by atoms with Crippen LogP contribution < -0.4 is 5.32 Å². The van der Waals surface area contributed by atoms with E-state index in [0.717, 1.165) is 16.2 Å². The topological polar surface area (TPSA) is 24.9 Å². The number of rotatable bonds is 3. The zero-order chi connectivity index (χ0) is 11.4.